The number of ether oxygens (including phenoxy) is 2. The number of nitrogens with zero attached hydrogens (tertiary/aromatic N) is 1. The molecule has 0 aliphatic carbocycles. The zero-order valence-corrected chi connectivity index (χ0v) is 14.7. The van der Waals surface area contributed by atoms with Gasteiger partial charge in [0.15, 0.2) is 6.04 Å². The highest BCUT2D eigenvalue weighted by Crippen LogP contribution is 2.32. The maximum atomic E-state index is 12.9. The molecule has 1 unspecified atom stereocenters. The van der Waals surface area contributed by atoms with Crippen molar-refractivity contribution < 1.29 is 27.5 Å². The quantitative estimate of drug-likeness (QED) is 0.751. The van der Waals surface area contributed by atoms with Crippen LogP contribution in [0.1, 0.15) is 12.5 Å². The third-order valence-electron chi connectivity index (χ3n) is 3.87. The molecule has 1 aliphatic rings. The van der Waals surface area contributed by atoms with Crippen molar-refractivity contribution in [3.63, 3.8) is 0 Å². The van der Waals surface area contributed by atoms with Crippen molar-refractivity contribution in [2.45, 2.75) is 24.8 Å². The number of rotatable bonds is 4. The Kier molecular flexibility index (Phi) is 5.10. The Balaban J connectivity index is 2.51. The van der Waals surface area contributed by atoms with E-state index in [9.17, 15) is 18.0 Å². The SMILES string of the molecule is COC(=O)C1=C(C)CN(S(=O)(=O)c2ccc(C)cc2)C1C(=O)OC. The van der Waals surface area contributed by atoms with Crippen LogP contribution in [0.25, 0.3) is 0 Å². The largest absolute Gasteiger partial charge is 0.468 e. The summed E-state index contributed by atoms with van der Waals surface area (Å²) in [5.41, 5.74) is 1.36. The molecule has 0 amide bonds. The summed E-state index contributed by atoms with van der Waals surface area (Å²) in [5.74, 6) is -1.58. The average Bonchev–Trinajstić information content (AvgIpc) is 2.92. The van der Waals surface area contributed by atoms with E-state index < -0.39 is 28.0 Å². The molecule has 24 heavy (non-hydrogen) atoms. The van der Waals surface area contributed by atoms with Crippen molar-refractivity contribution >= 4 is 22.0 Å². The second-order valence-corrected chi connectivity index (χ2v) is 7.37. The Hall–Kier alpha value is -2.19. The molecule has 2 rings (SSSR count). The van der Waals surface area contributed by atoms with E-state index in [0.29, 0.717) is 5.57 Å². The Morgan fingerprint density at radius 2 is 1.67 bits per heavy atom. The number of carbonyl (C=O) groups is 2. The van der Waals surface area contributed by atoms with Crippen LogP contribution < -0.4 is 0 Å². The summed E-state index contributed by atoms with van der Waals surface area (Å²) in [5, 5.41) is 0. The summed E-state index contributed by atoms with van der Waals surface area (Å²) in [4.78, 5) is 24.2. The van der Waals surface area contributed by atoms with Crippen LogP contribution in [-0.4, -0.2) is 51.5 Å². The van der Waals surface area contributed by atoms with Gasteiger partial charge in [0.1, 0.15) is 0 Å². The first-order valence-corrected chi connectivity index (χ1v) is 8.62. The van der Waals surface area contributed by atoms with E-state index in [4.69, 9.17) is 4.74 Å². The minimum absolute atomic E-state index is 0.0000340. The lowest BCUT2D eigenvalue weighted by molar-refractivity contribution is -0.146. The second-order valence-electron chi connectivity index (χ2n) is 5.47. The Morgan fingerprint density at radius 1 is 1.08 bits per heavy atom. The van der Waals surface area contributed by atoms with Crippen LogP contribution in [-0.2, 0) is 29.1 Å². The Labute approximate surface area is 140 Å². The molecule has 0 saturated carbocycles. The van der Waals surface area contributed by atoms with Crippen LogP contribution in [0.15, 0.2) is 40.3 Å². The van der Waals surface area contributed by atoms with Gasteiger partial charge in [0.2, 0.25) is 10.0 Å². The number of hydrogen-bond donors (Lipinski definition) is 0. The summed E-state index contributed by atoms with van der Waals surface area (Å²) >= 11 is 0. The minimum atomic E-state index is -3.98. The molecule has 0 fully saturated rings. The van der Waals surface area contributed by atoms with Gasteiger partial charge in [0.25, 0.3) is 0 Å². The highest BCUT2D eigenvalue weighted by atomic mass is 32.2. The van der Waals surface area contributed by atoms with Gasteiger partial charge in [-0.1, -0.05) is 17.7 Å². The third kappa shape index (κ3) is 3.07. The highest BCUT2D eigenvalue weighted by molar-refractivity contribution is 7.89. The lowest BCUT2D eigenvalue weighted by Crippen LogP contribution is -2.44. The summed E-state index contributed by atoms with van der Waals surface area (Å²) < 4.78 is 36.2. The minimum Gasteiger partial charge on any atom is -0.468 e. The molecule has 1 heterocycles. The van der Waals surface area contributed by atoms with Crippen LogP contribution in [0.5, 0.6) is 0 Å². The van der Waals surface area contributed by atoms with Gasteiger partial charge in [-0.25, -0.2) is 18.0 Å². The van der Waals surface area contributed by atoms with Gasteiger partial charge < -0.3 is 9.47 Å². The van der Waals surface area contributed by atoms with Gasteiger partial charge in [0.05, 0.1) is 24.7 Å². The van der Waals surface area contributed by atoms with Crippen molar-refractivity contribution in [1.82, 2.24) is 4.31 Å². The zero-order chi connectivity index (χ0) is 18.1. The first-order chi connectivity index (χ1) is 11.2. The molecule has 0 N–H and O–H groups in total. The van der Waals surface area contributed by atoms with Gasteiger partial charge >= 0.3 is 11.9 Å². The van der Waals surface area contributed by atoms with E-state index in [-0.39, 0.29) is 17.0 Å². The average molecular weight is 353 g/mol. The van der Waals surface area contributed by atoms with Crippen LogP contribution >= 0.6 is 0 Å². The number of aryl methyl sites for hydroxylation is 1. The molecule has 0 saturated heterocycles. The number of methoxy groups -OCH3 is 2. The Bertz CT molecular complexity index is 794. The van der Waals surface area contributed by atoms with Gasteiger partial charge in [-0.15, -0.1) is 0 Å². The fraction of sp³-hybridized carbons (Fsp3) is 0.375. The molecule has 8 heteroatoms. The number of benzene rings is 1. The van der Waals surface area contributed by atoms with Gasteiger partial charge in [-0.3, -0.25) is 0 Å². The van der Waals surface area contributed by atoms with Crippen LogP contribution in [0.4, 0.5) is 0 Å². The summed E-state index contributed by atoms with van der Waals surface area (Å²) in [6, 6.07) is 4.90. The smallest absolute Gasteiger partial charge is 0.335 e. The summed E-state index contributed by atoms with van der Waals surface area (Å²) in [6.45, 7) is 3.35. The standard InChI is InChI=1S/C16H19NO6S/c1-10-5-7-12(8-6-10)24(20,21)17-9-11(2)13(15(18)22-3)14(17)16(19)23-4/h5-8,14H,9H2,1-4H3. The predicted molar refractivity (Wildman–Crippen MR) is 85.6 cm³/mol. The molecule has 0 radical (unpaired) electrons. The monoisotopic (exact) mass is 353 g/mol. The molecule has 0 spiro atoms. The van der Waals surface area contributed by atoms with E-state index >= 15 is 0 Å². The fourth-order valence-electron chi connectivity index (χ4n) is 2.60. The summed E-state index contributed by atoms with van der Waals surface area (Å²) in [6.07, 6.45) is 0. The topological polar surface area (TPSA) is 90.0 Å². The normalized spacial score (nSPS) is 18.6. The van der Waals surface area contributed by atoms with Gasteiger partial charge in [-0.2, -0.15) is 4.31 Å². The molecule has 1 atom stereocenters. The maximum Gasteiger partial charge on any atom is 0.335 e. The summed E-state index contributed by atoms with van der Waals surface area (Å²) in [7, 11) is -1.67. The molecule has 130 valence electrons. The van der Waals surface area contributed by atoms with Crippen molar-refractivity contribution in [2.24, 2.45) is 0 Å². The fourth-order valence-corrected chi connectivity index (χ4v) is 4.18. The molecule has 1 aromatic carbocycles. The number of sulfonamides is 1. The molecule has 1 aromatic rings. The highest BCUT2D eigenvalue weighted by Gasteiger charge is 2.47. The molecule has 7 nitrogen and oxygen atoms in total. The van der Waals surface area contributed by atoms with E-state index in [1.165, 1.54) is 19.2 Å². The second kappa shape index (κ2) is 6.74. The van der Waals surface area contributed by atoms with Crippen LogP contribution in [0.3, 0.4) is 0 Å². The van der Waals surface area contributed by atoms with Gasteiger partial charge in [0, 0.05) is 6.54 Å². The first-order valence-electron chi connectivity index (χ1n) is 7.18. The lowest BCUT2D eigenvalue weighted by Gasteiger charge is -2.23. The van der Waals surface area contributed by atoms with E-state index in [1.54, 1.807) is 19.1 Å². The molecule has 0 aromatic heterocycles. The van der Waals surface area contributed by atoms with Crippen molar-refractivity contribution in [1.29, 1.82) is 0 Å². The van der Waals surface area contributed by atoms with Gasteiger partial charge in [-0.05, 0) is 31.6 Å². The number of hydrogen-bond acceptors (Lipinski definition) is 6. The molecular formula is C16H19NO6S. The van der Waals surface area contributed by atoms with Crippen molar-refractivity contribution in [3.05, 3.63) is 41.0 Å². The molecule has 1 aliphatic heterocycles. The molecular weight excluding hydrogens is 334 g/mol. The zero-order valence-electron chi connectivity index (χ0n) is 13.9. The van der Waals surface area contributed by atoms with Crippen LogP contribution in [0.2, 0.25) is 0 Å². The van der Waals surface area contributed by atoms with E-state index in [0.717, 1.165) is 17.0 Å². The Morgan fingerprint density at radius 3 is 2.17 bits per heavy atom. The van der Waals surface area contributed by atoms with Crippen molar-refractivity contribution in [2.75, 3.05) is 20.8 Å². The predicted octanol–water partition coefficient (Wildman–Crippen LogP) is 1.03. The molecule has 0 bridgehead atoms. The maximum absolute atomic E-state index is 12.9. The number of carbonyl (C=O) groups excluding carboxylic acids is 2. The lowest BCUT2D eigenvalue weighted by atomic mass is 10.1. The number of esters is 2. The van der Waals surface area contributed by atoms with Crippen LogP contribution in [0, 0.1) is 6.92 Å². The van der Waals surface area contributed by atoms with E-state index in [1.807, 2.05) is 6.92 Å². The van der Waals surface area contributed by atoms with Crippen molar-refractivity contribution in [3.8, 4) is 0 Å². The van der Waals surface area contributed by atoms with E-state index in [2.05, 4.69) is 4.74 Å². The first kappa shape index (κ1) is 18.2. The third-order valence-corrected chi connectivity index (χ3v) is 5.70.